The highest BCUT2D eigenvalue weighted by Gasteiger charge is 3.01. The smallest absolute Gasteiger partial charge is 0.197 e. The number of hydrogen-bond donors (Lipinski definition) is 0. The summed E-state index contributed by atoms with van der Waals surface area (Å²) >= 11 is 0. The van der Waals surface area contributed by atoms with Crippen LogP contribution in [0.4, 0.5) is 17.6 Å². The minimum Gasteiger partial charge on any atom is -0.203 e. The summed E-state index contributed by atoms with van der Waals surface area (Å²) < 4.78 is 56.5. The molecule has 0 N–H and O–H groups in total. The molecule has 4 heteroatoms. The minimum absolute atomic E-state index is 0.0288. The van der Waals surface area contributed by atoms with Crippen LogP contribution in [0.3, 0.4) is 0 Å². The Morgan fingerprint density at radius 1 is 0.682 bits per heavy atom. The molecule has 4 fully saturated rings. The van der Waals surface area contributed by atoms with Crippen molar-refractivity contribution in [3.8, 4) is 0 Å². The van der Waals surface area contributed by atoms with Gasteiger partial charge in [-0.1, -0.05) is 12.2 Å². The standard InChI is InChI=1S/C18H12F4/c19-13-7-8(14(20)16(22)15(13)21)10-6-5-9(7)17-3-1-2-4-18(10,17)12(6)11(5)17/h1-2,5-6,9-12H,3-4H2/t5-,6-,9-,10-,11-,12+,17-,18+/m0/s1. The van der Waals surface area contributed by atoms with Crippen LogP contribution in [0.1, 0.15) is 35.8 Å². The molecule has 0 saturated heterocycles. The Kier molecular flexibility index (Phi) is 1.37. The van der Waals surface area contributed by atoms with Gasteiger partial charge in [-0.2, -0.15) is 0 Å². The zero-order valence-electron chi connectivity index (χ0n) is 11.5. The normalized spacial score (nSPS) is 56.0. The first kappa shape index (κ1) is 11.3. The van der Waals surface area contributed by atoms with Crippen molar-refractivity contribution >= 4 is 0 Å². The van der Waals surface area contributed by atoms with Gasteiger partial charge in [0.05, 0.1) is 0 Å². The fourth-order valence-electron chi connectivity index (χ4n) is 8.60. The van der Waals surface area contributed by atoms with Crippen LogP contribution in [0, 0.1) is 57.8 Å². The Morgan fingerprint density at radius 2 is 1.09 bits per heavy atom. The second-order valence-corrected chi connectivity index (χ2v) is 8.21. The van der Waals surface area contributed by atoms with Crippen LogP contribution in [0.2, 0.25) is 0 Å². The molecule has 0 aliphatic heterocycles. The second kappa shape index (κ2) is 2.67. The maximum atomic E-state index is 14.5. The molecule has 0 unspecified atom stereocenters. The van der Waals surface area contributed by atoms with Gasteiger partial charge < -0.3 is 0 Å². The first-order valence-corrected chi connectivity index (χ1v) is 8.09. The SMILES string of the molecule is Fc1c(F)c(F)c2c(c1F)[C@@H]1[C@@H]3[C@@H]4[C@H]5[C@@H]3[C@@]13CC=CC[C@]53[C@H]24. The van der Waals surface area contributed by atoms with Gasteiger partial charge in [0.15, 0.2) is 23.3 Å². The lowest BCUT2D eigenvalue weighted by Crippen LogP contribution is -2.98. The molecule has 4 saturated carbocycles. The van der Waals surface area contributed by atoms with Gasteiger partial charge in [0.1, 0.15) is 0 Å². The Labute approximate surface area is 124 Å². The van der Waals surface area contributed by atoms with Crippen molar-refractivity contribution in [3.05, 3.63) is 46.5 Å². The monoisotopic (exact) mass is 304 g/mol. The van der Waals surface area contributed by atoms with Crippen molar-refractivity contribution in [1.82, 2.24) is 0 Å². The fourth-order valence-corrected chi connectivity index (χ4v) is 8.60. The predicted molar refractivity (Wildman–Crippen MR) is 69.0 cm³/mol. The zero-order valence-corrected chi connectivity index (χ0v) is 11.5. The first-order valence-electron chi connectivity index (χ1n) is 8.09. The second-order valence-electron chi connectivity index (χ2n) is 8.21. The van der Waals surface area contributed by atoms with Gasteiger partial charge in [-0.25, -0.2) is 17.6 Å². The third-order valence-electron chi connectivity index (χ3n) is 8.64. The maximum Gasteiger partial charge on any atom is 0.197 e. The van der Waals surface area contributed by atoms with E-state index in [0.717, 1.165) is 12.8 Å². The number of benzene rings is 1. The Bertz CT molecular complexity index is 788. The van der Waals surface area contributed by atoms with Gasteiger partial charge in [-0.05, 0) is 59.2 Å². The highest BCUT2D eigenvalue weighted by Crippen LogP contribution is 3.06. The fraction of sp³-hybridized carbons (Fsp3) is 0.556. The van der Waals surface area contributed by atoms with Crippen molar-refractivity contribution in [2.75, 3.05) is 0 Å². The van der Waals surface area contributed by atoms with Crippen LogP contribution in [0.5, 0.6) is 0 Å². The molecule has 8 rings (SSSR count). The van der Waals surface area contributed by atoms with Crippen LogP contribution in [0.15, 0.2) is 12.2 Å². The third kappa shape index (κ3) is 0.625. The van der Waals surface area contributed by atoms with Crippen LogP contribution >= 0.6 is 0 Å². The van der Waals surface area contributed by atoms with Crippen LogP contribution in [-0.4, -0.2) is 0 Å². The molecule has 7 aliphatic carbocycles. The largest absolute Gasteiger partial charge is 0.203 e. The summed E-state index contributed by atoms with van der Waals surface area (Å²) in [6, 6.07) is 0. The number of hydrogen-bond acceptors (Lipinski definition) is 0. The van der Waals surface area contributed by atoms with E-state index < -0.39 is 23.3 Å². The molecule has 0 radical (unpaired) electrons. The minimum atomic E-state index is -1.62. The lowest BCUT2D eigenvalue weighted by atomic mass is 9.00. The summed E-state index contributed by atoms with van der Waals surface area (Å²) in [5.41, 5.74) is 0.452. The molecule has 8 atom stereocenters. The molecule has 0 aromatic heterocycles. The van der Waals surface area contributed by atoms with E-state index in [0.29, 0.717) is 23.7 Å². The van der Waals surface area contributed by atoms with E-state index in [9.17, 15) is 17.6 Å². The molecule has 112 valence electrons. The molecule has 1 aromatic rings. The summed E-state index contributed by atoms with van der Waals surface area (Å²) in [5, 5.41) is 0. The summed E-state index contributed by atoms with van der Waals surface area (Å²) in [5.74, 6) is -3.58. The van der Waals surface area contributed by atoms with Crippen LogP contribution in [0.25, 0.3) is 0 Å². The van der Waals surface area contributed by atoms with E-state index in [1.807, 2.05) is 0 Å². The maximum absolute atomic E-state index is 14.5. The molecule has 0 nitrogen and oxygen atoms in total. The van der Waals surface area contributed by atoms with E-state index in [2.05, 4.69) is 12.2 Å². The van der Waals surface area contributed by atoms with Crippen molar-refractivity contribution in [3.63, 3.8) is 0 Å². The molecule has 2 spiro atoms. The van der Waals surface area contributed by atoms with Gasteiger partial charge in [0.25, 0.3) is 0 Å². The summed E-state index contributed by atoms with van der Waals surface area (Å²) in [6.45, 7) is 0. The third-order valence-corrected chi connectivity index (χ3v) is 8.64. The molecule has 7 aliphatic rings. The number of allylic oxidation sites excluding steroid dienone is 2. The molecule has 0 heterocycles. The van der Waals surface area contributed by atoms with E-state index in [1.165, 1.54) is 0 Å². The van der Waals surface area contributed by atoms with Crippen molar-refractivity contribution in [1.29, 1.82) is 0 Å². The molecular weight excluding hydrogens is 292 g/mol. The van der Waals surface area contributed by atoms with Crippen LogP contribution in [-0.2, 0) is 0 Å². The average Bonchev–Trinajstić information content (AvgIpc) is 2.50. The Morgan fingerprint density at radius 3 is 1.50 bits per heavy atom. The van der Waals surface area contributed by atoms with Gasteiger partial charge in [-0.15, -0.1) is 0 Å². The molecule has 22 heavy (non-hydrogen) atoms. The number of halogens is 4. The molecule has 0 amide bonds. The molecule has 2 bridgehead atoms. The summed E-state index contributed by atoms with van der Waals surface area (Å²) in [6.07, 6.45) is 6.12. The van der Waals surface area contributed by atoms with E-state index in [-0.39, 0.29) is 33.8 Å². The van der Waals surface area contributed by atoms with Gasteiger partial charge >= 0.3 is 0 Å². The van der Waals surface area contributed by atoms with E-state index in [4.69, 9.17) is 0 Å². The highest BCUT2D eigenvalue weighted by molar-refractivity contribution is 5.63. The lowest BCUT2D eigenvalue weighted by molar-refractivity contribution is -0.516. The quantitative estimate of drug-likeness (QED) is 0.291. The summed E-state index contributed by atoms with van der Waals surface area (Å²) in [7, 11) is 0. The topological polar surface area (TPSA) is 0 Å². The highest BCUT2D eigenvalue weighted by atomic mass is 19.2. The predicted octanol–water partition coefficient (Wildman–Crippen LogP) is 4.27. The zero-order chi connectivity index (χ0) is 14.8. The van der Waals surface area contributed by atoms with Crippen molar-refractivity contribution < 1.29 is 17.6 Å². The van der Waals surface area contributed by atoms with Gasteiger partial charge in [0.2, 0.25) is 0 Å². The lowest BCUT2D eigenvalue weighted by Gasteiger charge is -3.03. The van der Waals surface area contributed by atoms with Gasteiger partial charge in [-0.3, -0.25) is 0 Å². The molecule has 1 aromatic carbocycles. The molecular formula is C18H12F4. The van der Waals surface area contributed by atoms with E-state index >= 15 is 0 Å². The van der Waals surface area contributed by atoms with Crippen LogP contribution < -0.4 is 0 Å². The van der Waals surface area contributed by atoms with E-state index in [1.54, 1.807) is 0 Å². The average molecular weight is 304 g/mol. The van der Waals surface area contributed by atoms with Crippen molar-refractivity contribution in [2.45, 2.75) is 24.7 Å². The number of rotatable bonds is 0. The first-order chi connectivity index (χ1) is 10.6. The summed E-state index contributed by atoms with van der Waals surface area (Å²) in [4.78, 5) is 0. The Hall–Kier alpha value is -1.32. The van der Waals surface area contributed by atoms with Crippen molar-refractivity contribution in [2.24, 2.45) is 34.5 Å². The van der Waals surface area contributed by atoms with Gasteiger partial charge in [0, 0.05) is 11.1 Å². The Balaban J connectivity index is 1.62.